The number of benzene rings is 4. The summed E-state index contributed by atoms with van der Waals surface area (Å²) in [6, 6.07) is 27.4. The van der Waals surface area contributed by atoms with Crippen molar-refractivity contribution in [2.45, 2.75) is 26.9 Å². The molecule has 0 aliphatic heterocycles. The van der Waals surface area contributed by atoms with Crippen molar-refractivity contribution in [2.75, 3.05) is 6.61 Å². The first-order valence-electron chi connectivity index (χ1n) is 10.6. The van der Waals surface area contributed by atoms with Crippen LogP contribution in [0.3, 0.4) is 0 Å². The van der Waals surface area contributed by atoms with Crippen molar-refractivity contribution in [3.63, 3.8) is 0 Å². The third-order valence-corrected chi connectivity index (χ3v) is 5.10. The van der Waals surface area contributed by atoms with E-state index in [1.54, 1.807) is 0 Å². The maximum absolute atomic E-state index is 13.5. The van der Waals surface area contributed by atoms with Gasteiger partial charge < -0.3 is 9.47 Å². The Morgan fingerprint density at radius 2 is 1.55 bits per heavy atom. The summed E-state index contributed by atoms with van der Waals surface area (Å²) in [4.78, 5) is 13.5. The van der Waals surface area contributed by atoms with Gasteiger partial charge in [-0.05, 0) is 79.6 Å². The van der Waals surface area contributed by atoms with Gasteiger partial charge in [0.05, 0.1) is 12.7 Å². The minimum Gasteiger partial charge on any atom is -0.494 e. The second-order valence-electron chi connectivity index (χ2n) is 7.69. The number of carbonyl (C=O) groups is 1. The average molecular weight is 411 g/mol. The fourth-order valence-corrected chi connectivity index (χ4v) is 3.78. The maximum Gasteiger partial charge on any atom is 0.193 e. The van der Waals surface area contributed by atoms with E-state index in [1.165, 1.54) is 0 Å². The van der Waals surface area contributed by atoms with Crippen LogP contribution in [0.5, 0.6) is 11.5 Å². The normalized spacial score (nSPS) is 11.0. The molecule has 156 valence electrons. The molecule has 0 amide bonds. The number of fused-ring (bicyclic) bond motifs is 1. The highest BCUT2D eigenvalue weighted by molar-refractivity contribution is 6.17. The van der Waals surface area contributed by atoms with Gasteiger partial charge in [0.15, 0.2) is 5.78 Å². The van der Waals surface area contributed by atoms with Gasteiger partial charge in [0.25, 0.3) is 0 Å². The van der Waals surface area contributed by atoms with Crippen LogP contribution in [0.15, 0.2) is 84.9 Å². The van der Waals surface area contributed by atoms with Gasteiger partial charge in [0.1, 0.15) is 11.5 Å². The van der Waals surface area contributed by atoms with E-state index in [4.69, 9.17) is 9.47 Å². The molecular formula is C28H26O3. The van der Waals surface area contributed by atoms with Crippen molar-refractivity contribution in [2.24, 2.45) is 0 Å². The maximum atomic E-state index is 13.5. The average Bonchev–Trinajstić information content (AvgIpc) is 2.78. The molecule has 3 nitrogen and oxygen atoms in total. The molecule has 0 aliphatic carbocycles. The molecule has 0 saturated carbocycles. The fraction of sp³-hybridized carbons (Fsp3) is 0.179. The molecule has 0 saturated heterocycles. The molecule has 4 aromatic rings. The summed E-state index contributed by atoms with van der Waals surface area (Å²) in [5.41, 5.74) is 3.27. The number of hydrogen-bond acceptors (Lipinski definition) is 3. The summed E-state index contributed by atoms with van der Waals surface area (Å²) in [5.74, 6) is 1.58. The van der Waals surface area contributed by atoms with Gasteiger partial charge >= 0.3 is 0 Å². The van der Waals surface area contributed by atoms with Gasteiger partial charge in [0, 0.05) is 16.7 Å². The van der Waals surface area contributed by atoms with Crippen molar-refractivity contribution in [3.05, 3.63) is 96.1 Å². The standard InChI is InChI=1S/C28H26O3/c1-4-30-24-15-17-25-22(18-24)12-16-26(27(25)20-8-6-5-7-9-20)28(29)21-10-13-23(14-11-21)31-19(2)3/h5-19H,4H2,1-3H3. The van der Waals surface area contributed by atoms with E-state index in [9.17, 15) is 4.79 Å². The van der Waals surface area contributed by atoms with E-state index < -0.39 is 0 Å². The summed E-state index contributed by atoms with van der Waals surface area (Å²) in [5, 5.41) is 2.07. The Morgan fingerprint density at radius 1 is 0.839 bits per heavy atom. The number of hydrogen-bond donors (Lipinski definition) is 0. The Hall–Kier alpha value is -3.59. The lowest BCUT2D eigenvalue weighted by Crippen LogP contribution is -2.07. The molecule has 0 heterocycles. The molecule has 0 N–H and O–H groups in total. The Kier molecular flexibility index (Phi) is 6.03. The molecule has 0 atom stereocenters. The first kappa shape index (κ1) is 20.7. The Labute approximate surface area is 183 Å². The van der Waals surface area contributed by atoms with Crippen LogP contribution in [0, 0.1) is 0 Å². The topological polar surface area (TPSA) is 35.5 Å². The highest BCUT2D eigenvalue weighted by Gasteiger charge is 2.18. The molecule has 0 aliphatic rings. The van der Waals surface area contributed by atoms with Crippen molar-refractivity contribution >= 4 is 16.6 Å². The summed E-state index contributed by atoms with van der Waals surface area (Å²) in [6.07, 6.45) is 0.0910. The van der Waals surface area contributed by atoms with Crippen LogP contribution >= 0.6 is 0 Å². The largest absolute Gasteiger partial charge is 0.494 e. The molecule has 0 fully saturated rings. The lowest BCUT2D eigenvalue weighted by Gasteiger charge is -2.15. The molecular weight excluding hydrogens is 384 g/mol. The predicted octanol–water partition coefficient (Wildman–Crippen LogP) is 6.92. The van der Waals surface area contributed by atoms with Crippen LogP contribution in [-0.2, 0) is 0 Å². The third-order valence-electron chi connectivity index (χ3n) is 5.10. The molecule has 4 rings (SSSR count). The van der Waals surface area contributed by atoms with Crippen molar-refractivity contribution < 1.29 is 14.3 Å². The van der Waals surface area contributed by atoms with Crippen molar-refractivity contribution in [1.82, 2.24) is 0 Å². The Bertz CT molecular complexity index is 1190. The lowest BCUT2D eigenvalue weighted by molar-refractivity contribution is 0.103. The van der Waals surface area contributed by atoms with Crippen LogP contribution in [-0.4, -0.2) is 18.5 Å². The van der Waals surface area contributed by atoms with Crippen molar-refractivity contribution in [1.29, 1.82) is 0 Å². The fourth-order valence-electron chi connectivity index (χ4n) is 3.78. The van der Waals surface area contributed by atoms with E-state index in [1.807, 2.05) is 106 Å². The quantitative estimate of drug-likeness (QED) is 0.310. The van der Waals surface area contributed by atoms with E-state index in [0.29, 0.717) is 17.7 Å². The van der Waals surface area contributed by atoms with Gasteiger partial charge in [0.2, 0.25) is 0 Å². The van der Waals surface area contributed by atoms with E-state index >= 15 is 0 Å². The Morgan fingerprint density at radius 3 is 2.23 bits per heavy atom. The van der Waals surface area contributed by atoms with Gasteiger partial charge in [-0.25, -0.2) is 0 Å². The van der Waals surface area contributed by atoms with Gasteiger partial charge in [-0.15, -0.1) is 0 Å². The molecule has 0 radical (unpaired) electrons. The summed E-state index contributed by atoms with van der Waals surface area (Å²) in [7, 11) is 0. The second kappa shape index (κ2) is 9.05. The minimum atomic E-state index is -0.00858. The first-order chi connectivity index (χ1) is 15.1. The molecule has 0 aromatic heterocycles. The first-order valence-corrected chi connectivity index (χ1v) is 10.6. The molecule has 4 aromatic carbocycles. The van der Waals surface area contributed by atoms with Gasteiger partial charge in [-0.3, -0.25) is 4.79 Å². The minimum absolute atomic E-state index is 0.00858. The molecule has 0 spiro atoms. The van der Waals surface area contributed by atoms with Crippen LogP contribution < -0.4 is 9.47 Å². The van der Waals surface area contributed by atoms with Crippen LogP contribution in [0.25, 0.3) is 21.9 Å². The summed E-state index contributed by atoms with van der Waals surface area (Å²) < 4.78 is 11.4. The molecule has 3 heteroatoms. The number of rotatable bonds is 7. The zero-order chi connectivity index (χ0) is 21.8. The van der Waals surface area contributed by atoms with E-state index in [-0.39, 0.29) is 11.9 Å². The van der Waals surface area contributed by atoms with Gasteiger partial charge in [-0.2, -0.15) is 0 Å². The number of ketones is 1. The zero-order valence-electron chi connectivity index (χ0n) is 18.1. The lowest BCUT2D eigenvalue weighted by atomic mass is 9.89. The smallest absolute Gasteiger partial charge is 0.193 e. The summed E-state index contributed by atoms with van der Waals surface area (Å²) in [6.45, 7) is 6.55. The van der Waals surface area contributed by atoms with Gasteiger partial charge in [-0.1, -0.05) is 42.5 Å². The molecule has 31 heavy (non-hydrogen) atoms. The monoisotopic (exact) mass is 410 g/mol. The number of carbonyl (C=O) groups excluding carboxylic acids is 1. The number of ether oxygens (including phenoxy) is 2. The van der Waals surface area contributed by atoms with E-state index in [0.717, 1.165) is 33.4 Å². The zero-order valence-corrected chi connectivity index (χ0v) is 18.1. The van der Waals surface area contributed by atoms with Crippen LogP contribution in [0.1, 0.15) is 36.7 Å². The van der Waals surface area contributed by atoms with Crippen molar-refractivity contribution in [3.8, 4) is 22.6 Å². The molecule has 0 unspecified atom stereocenters. The highest BCUT2D eigenvalue weighted by atomic mass is 16.5. The second-order valence-corrected chi connectivity index (χ2v) is 7.69. The SMILES string of the molecule is CCOc1ccc2c(-c3ccccc3)c(C(=O)c3ccc(OC(C)C)cc3)ccc2c1. The Balaban J connectivity index is 1.83. The van der Waals surface area contributed by atoms with Crippen LogP contribution in [0.2, 0.25) is 0 Å². The third kappa shape index (κ3) is 4.46. The van der Waals surface area contributed by atoms with Crippen LogP contribution in [0.4, 0.5) is 0 Å². The molecule has 0 bridgehead atoms. The summed E-state index contributed by atoms with van der Waals surface area (Å²) >= 11 is 0. The van der Waals surface area contributed by atoms with E-state index in [2.05, 4.69) is 0 Å². The highest BCUT2D eigenvalue weighted by Crippen LogP contribution is 2.35. The predicted molar refractivity (Wildman–Crippen MR) is 126 cm³/mol.